The Labute approximate surface area is 209 Å². The minimum Gasteiger partial charge on any atom is -0.349 e. The lowest BCUT2D eigenvalue weighted by Gasteiger charge is -2.32. The maximum atomic E-state index is 14.0. The smallest absolute Gasteiger partial charge is 0.252 e. The van der Waals surface area contributed by atoms with E-state index >= 15 is 0 Å². The Morgan fingerprint density at radius 1 is 1.00 bits per heavy atom. The third-order valence-electron chi connectivity index (χ3n) is 8.00. The number of likely N-dealkylation sites (tertiary alicyclic amines) is 1. The summed E-state index contributed by atoms with van der Waals surface area (Å²) in [5, 5.41) is 4.35. The topological polar surface area (TPSA) is 71.2 Å². The number of carbonyl (C=O) groups is 1. The summed E-state index contributed by atoms with van der Waals surface area (Å²) in [6, 6.07) is 18.8. The van der Waals surface area contributed by atoms with Crippen LogP contribution in [0.4, 0.5) is 0 Å². The van der Waals surface area contributed by atoms with Crippen molar-refractivity contribution in [3.63, 3.8) is 0 Å². The van der Waals surface area contributed by atoms with E-state index in [1.807, 2.05) is 42.5 Å². The van der Waals surface area contributed by atoms with Crippen LogP contribution in [0.2, 0.25) is 0 Å². The minimum absolute atomic E-state index is 0.0302. The highest BCUT2D eigenvalue weighted by Gasteiger charge is 2.27. The van der Waals surface area contributed by atoms with Crippen LogP contribution < -0.4 is 11.1 Å². The first-order chi connectivity index (χ1) is 17.1. The average molecular weight is 471 g/mol. The summed E-state index contributed by atoms with van der Waals surface area (Å²) in [5.74, 6) is 0.587. The van der Waals surface area contributed by atoms with Crippen molar-refractivity contribution in [2.45, 2.75) is 70.5 Å². The lowest BCUT2D eigenvalue weighted by Crippen LogP contribution is -2.41. The van der Waals surface area contributed by atoms with Crippen LogP contribution in [-0.2, 0) is 6.54 Å². The van der Waals surface area contributed by atoms with Crippen molar-refractivity contribution in [2.24, 2.45) is 11.7 Å². The molecule has 1 saturated heterocycles. The maximum Gasteiger partial charge on any atom is 0.252 e. The van der Waals surface area contributed by atoms with E-state index in [0.29, 0.717) is 12.5 Å². The lowest BCUT2D eigenvalue weighted by atomic mass is 9.84. The first kappa shape index (κ1) is 24.0. The van der Waals surface area contributed by atoms with Gasteiger partial charge in [-0.15, -0.1) is 0 Å². The van der Waals surface area contributed by atoms with Crippen molar-refractivity contribution in [1.29, 1.82) is 0 Å². The van der Waals surface area contributed by atoms with E-state index in [1.165, 1.54) is 32.1 Å². The van der Waals surface area contributed by atoms with Gasteiger partial charge in [-0.05, 0) is 57.7 Å². The molecule has 0 bridgehead atoms. The second-order valence-corrected chi connectivity index (χ2v) is 10.5. The number of fused-ring (bicyclic) bond motifs is 1. The number of carbonyl (C=O) groups excluding carboxylic acids is 1. The SMILES string of the molecule is C[C@H](NC(=O)c1c(CN2CCC(N)CC2)c(-c2ccccc2)nc2ccccc12)C1CCCCC1. The summed E-state index contributed by atoms with van der Waals surface area (Å²) in [7, 11) is 0. The number of amides is 1. The van der Waals surface area contributed by atoms with Crippen LogP contribution in [0.15, 0.2) is 54.6 Å². The van der Waals surface area contributed by atoms with Crippen LogP contribution in [0.5, 0.6) is 0 Å². The van der Waals surface area contributed by atoms with Crippen LogP contribution >= 0.6 is 0 Å². The summed E-state index contributed by atoms with van der Waals surface area (Å²) in [6.07, 6.45) is 8.23. The van der Waals surface area contributed by atoms with Crippen molar-refractivity contribution in [3.05, 3.63) is 65.7 Å². The molecule has 35 heavy (non-hydrogen) atoms. The third-order valence-corrected chi connectivity index (χ3v) is 8.00. The van der Waals surface area contributed by atoms with E-state index in [-0.39, 0.29) is 18.0 Å². The van der Waals surface area contributed by atoms with Gasteiger partial charge in [0.15, 0.2) is 0 Å². The molecule has 1 aromatic heterocycles. The fraction of sp³-hybridized carbons (Fsp3) is 0.467. The Kier molecular flexibility index (Phi) is 7.45. The predicted octanol–water partition coefficient (Wildman–Crippen LogP) is 5.52. The molecule has 1 atom stereocenters. The van der Waals surface area contributed by atoms with Crippen molar-refractivity contribution in [3.8, 4) is 11.3 Å². The number of benzene rings is 2. The molecule has 3 aromatic rings. The highest BCUT2D eigenvalue weighted by molar-refractivity contribution is 6.09. The summed E-state index contributed by atoms with van der Waals surface area (Å²) >= 11 is 0. The van der Waals surface area contributed by atoms with Crippen LogP contribution in [0.25, 0.3) is 22.2 Å². The molecule has 184 valence electrons. The van der Waals surface area contributed by atoms with Gasteiger partial charge in [0.05, 0.1) is 16.8 Å². The zero-order chi connectivity index (χ0) is 24.2. The first-order valence-electron chi connectivity index (χ1n) is 13.4. The first-order valence-corrected chi connectivity index (χ1v) is 13.4. The lowest BCUT2D eigenvalue weighted by molar-refractivity contribution is 0.0918. The maximum absolute atomic E-state index is 14.0. The fourth-order valence-corrected chi connectivity index (χ4v) is 5.87. The zero-order valence-electron chi connectivity index (χ0n) is 20.9. The molecule has 1 aliphatic carbocycles. The summed E-state index contributed by atoms with van der Waals surface area (Å²) in [6.45, 7) is 4.78. The molecule has 0 unspecified atom stereocenters. The van der Waals surface area contributed by atoms with Crippen LogP contribution in [0.1, 0.15) is 67.8 Å². The highest BCUT2D eigenvalue weighted by Crippen LogP contribution is 2.33. The largest absolute Gasteiger partial charge is 0.349 e. The predicted molar refractivity (Wildman–Crippen MR) is 143 cm³/mol. The number of nitrogens with one attached hydrogen (secondary N) is 1. The molecule has 5 rings (SSSR count). The van der Waals surface area contributed by atoms with Crippen LogP contribution in [0, 0.1) is 5.92 Å². The van der Waals surface area contributed by atoms with Crippen molar-refractivity contribution in [1.82, 2.24) is 15.2 Å². The molecule has 2 fully saturated rings. The average Bonchev–Trinajstić information content (AvgIpc) is 2.90. The van der Waals surface area contributed by atoms with E-state index in [9.17, 15) is 4.79 Å². The van der Waals surface area contributed by atoms with Crippen molar-refractivity contribution in [2.75, 3.05) is 13.1 Å². The fourth-order valence-electron chi connectivity index (χ4n) is 5.87. The van der Waals surface area contributed by atoms with Gasteiger partial charge in [-0.1, -0.05) is 67.8 Å². The third kappa shape index (κ3) is 5.41. The van der Waals surface area contributed by atoms with Gasteiger partial charge in [0, 0.05) is 35.1 Å². The molecule has 2 aromatic carbocycles. The number of nitrogens with two attached hydrogens (primary N) is 1. The number of piperidine rings is 1. The Morgan fingerprint density at radius 3 is 2.43 bits per heavy atom. The van der Waals surface area contributed by atoms with Crippen LogP contribution in [-0.4, -0.2) is 41.0 Å². The van der Waals surface area contributed by atoms with E-state index in [2.05, 4.69) is 29.3 Å². The minimum atomic E-state index is 0.0302. The van der Waals surface area contributed by atoms with E-state index in [4.69, 9.17) is 10.7 Å². The van der Waals surface area contributed by atoms with Gasteiger partial charge in [-0.2, -0.15) is 0 Å². The number of para-hydroxylation sites is 1. The van der Waals surface area contributed by atoms with Gasteiger partial charge in [0.2, 0.25) is 0 Å². The number of hydrogen-bond acceptors (Lipinski definition) is 4. The number of nitrogens with zero attached hydrogens (tertiary/aromatic N) is 2. The molecular formula is C30H38N4O. The Balaban J connectivity index is 1.58. The van der Waals surface area contributed by atoms with Crippen LogP contribution in [0.3, 0.4) is 0 Å². The summed E-state index contributed by atoms with van der Waals surface area (Å²) < 4.78 is 0. The second kappa shape index (κ2) is 10.9. The van der Waals surface area contributed by atoms with E-state index < -0.39 is 0 Å². The van der Waals surface area contributed by atoms with E-state index in [1.54, 1.807) is 0 Å². The Bertz CT molecular complexity index is 1150. The highest BCUT2D eigenvalue weighted by atomic mass is 16.1. The zero-order valence-corrected chi connectivity index (χ0v) is 20.9. The number of aromatic nitrogens is 1. The molecule has 2 aliphatic rings. The molecule has 1 saturated carbocycles. The van der Waals surface area contributed by atoms with Gasteiger partial charge in [0.25, 0.3) is 5.91 Å². The molecular weight excluding hydrogens is 432 g/mol. The molecule has 5 nitrogen and oxygen atoms in total. The van der Waals surface area contributed by atoms with Gasteiger partial charge in [0.1, 0.15) is 0 Å². The molecule has 3 N–H and O–H groups in total. The normalized spacial score (nSPS) is 19.0. The molecule has 2 heterocycles. The van der Waals surface area contributed by atoms with Crippen molar-refractivity contribution < 1.29 is 4.79 Å². The molecule has 1 amide bonds. The molecule has 0 spiro atoms. The number of rotatable bonds is 6. The van der Waals surface area contributed by atoms with Gasteiger partial charge in [-0.3, -0.25) is 9.69 Å². The quantitative estimate of drug-likeness (QED) is 0.497. The van der Waals surface area contributed by atoms with Gasteiger partial charge in [-0.25, -0.2) is 4.98 Å². The Hall–Kier alpha value is -2.76. The molecule has 0 radical (unpaired) electrons. The summed E-state index contributed by atoms with van der Waals surface area (Å²) in [5.41, 5.74) is 10.8. The number of hydrogen-bond donors (Lipinski definition) is 2. The second-order valence-electron chi connectivity index (χ2n) is 10.5. The van der Waals surface area contributed by atoms with Gasteiger partial charge >= 0.3 is 0 Å². The summed E-state index contributed by atoms with van der Waals surface area (Å²) in [4.78, 5) is 21.6. The van der Waals surface area contributed by atoms with E-state index in [0.717, 1.165) is 59.2 Å². The molecule has 5 heteroatoms. The Morgan fingerprint density at radius 2 is 1.69 bits per heavy atom. The molecule has 1 aliphatic heterocycles. The number of pyridine rings is 1. The van der Waals surface area contributed by atoms with Crippen molar-refractivity contribution >= 4 is 16.8 Å². The monoisotopic (exact) mass is 470 g/mol. The van der Waals surface area contributed by atoms with Gasteiger partial charge < -0.3 is 11.1 Å². The standard InChI is InChI=1S/C30H38N4O/c1-21(22-10-4-2-5-11-22)32-30(35)28-25-14-8-9-15-27(25)33-29(23-12-6-3-7-13-23)26(28)20-34-18-16-24(31)17-19-34/h3,6-9,12-15,21-22,24H,2,4-5,10-11,16-20,31H2,1H3,(H,32,35)/t21-/m0/s1.